The molecule has 3 N–H and O–H groups in total. The molecule has 2 heterocycles. The molecule has 0 aliphatic heterocycles. The highest BCUT2D eigenvalue weighted by Gasteiger charge is 2.20. The van der Waals surface area contributed by atoms with Gasteiger partial charge >= 0.3 is 0 Å². The summed E-state index contributed by atoms with van der Waals surface area (Å²) in [4.78, 5) is 25.3. The Labute approximate surface area is 196 Å². The highest BCUT2D eigenvalue weighted by Crippen LogP contribution is 2.41. The number of benzene rings is 2. The number of anilines is 2. The van der Waals surface area contributed by atoms with Crippen molar-refractivity contribution >= 4 is 28.6 Å². The van der Waals surface area contributed by atoms with Gasteiger partial charge in [0.1, 0.15) is 12.2 Å². The number of ether oxygens (including phenoxy) is 3. The number of hydrogen-bond acceptors (Lipinski definition) is 8. The number of nitrogens with one attached hydrogen (secondary N) is 1. The Kier molecular flexibility index (Phi) is 6.22. The summed E-state index contributed by atoms with van der Waals surface area (Å²) in [5.74, 6) is 2.26. The number of carbonyl (C=O) groups excluding carboxylic acids is 1. The average molecular weight is 463 g/mol. The SMILES string of the molecule is COc1cc(Nc2ncnc3c2nc(-c2ccc(C(N)=O)cc2)n3C(C)C)cc(OC)c1OC. The van der Waals surface area contributed by atoms with Crippen LogP contribution in [-0.4, -0.2) is 46.8 Å². The molecule has 4 aromatic rings. The third-order valence-electron chi connectivity index (χ3n) is 5.35. The number of nitrogens with zero attached hydrogens (tertiary/aromatic N) is 4. The van der Waals surface area contributed by atoms with Crippen LogP contribution in [0.15, 0.2) is 42.7 Å². The van der Waals surface area contributed by atoms with Crippen molar-refractivity contribution in [3.8, 4) is 28.6 Å². The molecular formula is C24H26N6O4. The van der Waals surface area contributed by atoms with E-state index in [0.717, 1.165) is 5.56 Å². The third-order valence-corrected chi connectivity index (χ3v) is 5.35. The van der Waals surface area contributed by atoms with Crippen LogP contribution in [0.5, 0.6) is 17.2 Å². The van der Waals surface area contributed by atoms with Crippen LogP contribution in [0.2, 0.25) is 0 Å². The largest absolute Gasteiger partial charge is 0.493 e. The molecule has 4 rings (SSSR count). The van der Waals surface area contributed by atoms with Gasteiger partial charge in [0.05, 0.1) is 21.3 Å². The van der Waals surface area contributed by atoms with Gasteiger partial charge in [-0.05, 0) is 26.0 Å². The van der Waals surface area contributed by atoms with Gasteiger partial charge in [0.2, 0.25) is 11.7 Å². The van der Waals surface area contributed by atoms with Crippen molar-refractivity contribution in [1.82, 2.24) is 19.5 Å². The number of rotatable bonds is 8. The molecule has 10 heteroatoms. The van der Waals surface area contributed by atoms with E-state index in [1.165, 1.54) is 6.33 Å². The Balaban J connectivity index is 1.83. The van der Waals surface area contributed by atoms with Crippen molar-refractivity contribution in [2.24, 2.45) is 5.73 Å². The molecule has 2 aromatic carbocycles. The predicted octanol–water partition coefficient (Wildman–Crippen LogP) is 3.94. The molecule has 0 saturated carbocycles. The maximum Gasteiger partial charge on any atom is 0.248 e. The summed E-state index contributed by atoms with van der Waals surface area (Å²) in [5.41, 5.74) is 8.60. The first kappa shape index (κ1) is 22.8. The van der Waals surface area contributed by atoms with Crippen LogP contribution in [-0.2, 0) is 0 Å². The Morgan fingerprint density at radius 3 is 2.18 bits per heavy atom. The average Bonchev–Trinajstić information content (AvgIpc) is 3.24. The van der Waals surface area contributed by atoms with Gasteiger partial charge in [-0.3, -0.25) is 4.79 Å². The van der Waals surface area contributed by atoms with Crippen molar-refractivity contribution in [3.05, 3.63) is 48.3 Å². The molecule has 1 amide bonds. The van der Waals surface area contributed by atoms with Crippen LogP contribution < -0.4 is 25.3 Å². The van der Waals surface area contributed by atoms with E-state index in [2.05, 4.69) is 29.1 Å². The summed E-state index contributed by atoms with van der Waals surface area (Å²) in [6, 6.07) is 10.7. The minimum Gasteiger partial charge on any atom is -0.493 e. The van der Waals surface area contributed by atoms with E-state index in [9.17, 15) is 4.79 Å². The first-order valence-electron chi connectivity index (χ1n) is 10.6. The lowest BCUT2D eigenvalue weighted by Gasteiger charge is -2.15. The number of fused-ring (bicyclic) bond motifs is 1. The fraction of sp³-hybridized carbons (Fsp3) is 0.250. The topological polar surface area (TPSA) is 126 Å². The van der Waals surface area contributed by atoms with Crippen LogP contribution in [0.25, 0.3) is 22.6 Å². The van der Waals surface area contributed by atoms with Gasteiger partial charge in [0.25, 0.3) is 0 Å². The predicted molar refractivity (Wildman–Crippen MR) is 129 cm³/mol. The number of imidazole rings is 1. The van der Waals surface area contributed by atoms with Crippen LogP contribution in [0.1, 0.15) is 30.2 Å². The molecule has 0 radical (unpaired) electrons. The zero-order chi connectivity index (χ0) is 24.4. The molecule has 0 atom stereocenters. The van der Waals surface area contributed by atoms with E-state index in [1.54, 1.807) is 45.6 Å². The second-order valence-corrected chi connectivity index (χ2v) is 7.77. The Bertz CT molecular complexity index is 1320. The quantitative estimate of drug-likeness (QED) is 0.403. The second-order valence-electron chi connectivity index (χ2n) is 7.77. The van der Waals surface area contributed by atoms with Gasteiger partial charge in [-0.25, -0.2) is 15.0 Å². The first-order valence-corrected chi connectivity index (χ1v) is 10.6. The van der Waals surface area contributed by atoms with Gasteiger partial charge in [-0.2, -0.15) is 0 Å². The fourth-order valence-corrected chi connectivity index (χ4v) is 3.77. The number of aromatic nitrogens is 4. The van der Waals surface area contributed by atoms with E-state index >= 15 is 0 Å². The number of nitrogens with two attached hydrogens (primary N) is 1. The lowest BCUT2D eigenvalue weighted by Crippen LogP contribution is -2.10. The molecule has 0 saturated heterocycles. The molecule has 0 aliphatic carbocycles. The van der Waals surface area contributed by atoms with E-state index in [0.29, 0.717) is 51.3 Å². The third kappa shape index (κ3) is 4.05. The molecule has 2 aromatic heterocycles. The van der Waals surface area contributed by atoms with Crippen LogP contribution in [0, 0.1) is 0 Å². The lowest BCUT2D eigenvalue weighted by molar-refractivity contribution is 0.100. The van der Waals surface area contributed by atoms with Gasteiger partial charge in [-0.1, -0.05) is 12.1 Å². The molecular weight excluding hydrogens is 436 g/mol. The number of amides is 1. The van der Waals surface area contributed by atoms with Gasteiger partial charge in [-0.15, -0.1) is 0 Å². The monoisotopic (exact) mass is 462 g/mol. The highest BCUT2D eigenvalue weighted by molar-refractivity contribution is 5.93. The lowest BCUT2D eigenvalue weighted by atomic mass is 10.1. The second kappa shape index (κ2) is 9.26. The maximum atomic E-state index is 11.5. The van der Waals surface area contributed by atoms with Gasteiger partial charge in [0.15, 0.2) is 28.5 Å². The van der Waals surface area contributed by atoms with Crippen molar-refractivity contribution in [2.75, 3.05) is 26.6 Å². The first-order chi connectivity index (χ1) is 16.4. The summed E-state index contributed by atoms with van der Waals surface area (Å²) < 4.78 is 18.3. The van der Waals surface area contributed by atoms with Gasteiger partial charge in [0, 0.05) is 35.0 Å². The summed E-state index contributed by atoms with van der Waals surface area (Å²) in [5, 5.41) is 3.30. The van der Waals surface area contributed by atoms with Crippen LogP contribution >= 0.6 is 0 Å². The van der Waals surface area contributed by atoms with Gasteiger partial charge < -0.3 is 29.8 Å². The zero-order valence-electron chi connectivity index (χ0n) is 19.6. The van der Waals surface area contributed by atoms with Crippen molar-refractivity contribution in [3.63, 3.8) is 0 Å². The molecule has 0 aliphatic rings. The summed E-state index contributed by atoms with van der Waals surface area (Å²) in [6.45, 7) is 4.10. The Morgan fingerprint density at radius 2 is 1.65 bits per heavy atom. The van der Waals surface area contributed by atoms with E-state index in [-0.39, 0.29) is 6.04 Å². The Morgan fingerprint density at radius 1 is 1.00 bits per heavy atom. The number of primary amides is 1. The summed E-state index contributed by atoms with van der Waals surface area (Å²) in [6.07, 6.45) is 1.49. The molecule has 0 fully saturated rings. The van der Waals surface area contributed by atoms with E-state index in [1.807, 2.05) is 16.7 Å². The smallest absolute Gasteiger partial charge is 0.248 e. The molecule has 0 bridgehead atoms. The number of carbonyl (C=O) groups is 1. The van der Waals surface area contributed by atoms with Crippen molar-refractivity contribution in [2.45, 2.75) is 19.9 Å². The van der Waals surface area contributed by atoms with Crippen LogP contribution in [0.4, 0.5) is 11.5 Å². The fourth-order valence-electron chi connectivity index (χ4n) is 3.77. The molecule has 176 valence electrons. The summed E-state index contributed by atoms with van der Waals surface area (Å²) >= 11 is 0. The normalized spacial score (nSPS) is 11.0. The number of hydrogen-bond donors (Lipinski definition) is 2. The standard InChI is InChI=1S/C24H26N6O4/c1-13(2)30-23(15-8-6-14(7-9-15)21(25)31)29-19-22(26-12-27-24(19)30)28-16-10-17(32-3)20(34-5)18(11-16)33-4/h6-13H,1-5H3,(H2,25,31)(H,26,27,28). The van der Waals surface area contributed by atoms with Crippen molar-refractivity contribution < 1.29 is 19.0 Å². The minimum absolute atomic E-state index is 0.0692. The van der Waals surface area contributed by atoms with E-state index < -0.39 is 5.91 Å². The zero-order valence-corrected chi connectivity index (χ0v) is 19.6. The Hall–Kier alpha value is -4.34. The molecule has 0 spiro atoms. The molecule has 0 unspecified atom stereocenters. The highest BCUT2D eigenvalue weighted by atomic mass is 16.5. The van der Waals surface area contributed by atoms with Crippen molar-refractivity contribution in [1.29, 1.82) is 0 Å². The molecule has 34 heavy (non-hydrogen) atoms. The summed E-state index contributed by atoms with van der Waals surface area (Å²) in [7, 11) is 4.67. The number of methoxy groups -OCH3 is 3. The maximum absolute atomic E-state index is 11.5. The molecule has 10 nitrogen and oxygen atoms in total. The van der Waals surface area contributed by atoms with Crippen LogP contribution in [0.3, 0.4) is 0 Å². The van der Waals surface area contributed by atoms with E-state index in [4.69, 9.17) is 24.9 Å². The minimum atomic E-state index is -0.480.